The maximum Gasteiger partial charge on any atom is 0.292 e. The second-order valence-corrected chi connectivity index (χ2v) is 4.99. The number of anilines is 1. The maximum absolute atomic E-state index is 11.2. The molecule has 0 fully saturated rings. The first-order valence-electron chi connectivity index (χ1n) is 6.56. The molecule has 104 valence electrons. The summed E-state index contributed by atoms with van der Waals surface area (Å²) in [6.45, 7) is 5.83. The van der Waals surface area contributed by atoms with Crippen LogP contribution in [0.5, 0.6) is 0 Å². The second-order valence-electron chi connectivity index (χ2n) is 4.99. The summed E-state index contributed by atoms with van der Waals surface area (Å²) in [5.41, 5.74) is 3.75. The quantitative estimate of drug-likeness (QED) is 0.662. The van der Waals surface area contributed by atoms with Crippen molar-refractivity contribution >= 4 is 11.4 Å². The van der Waals surface area contributed by atoms with Gasteiger partial charge in [-0.1, -0.05) is 30.3 Å². The van der Waals surface area contributed by atoms with Crippen molar-refractivity contribution in [1.29, 1.82) is 0 Å². The molecule has 0 radical (unpaired) electrons. The maximum atomic E-state index is 11.2. The first kappa shape index (κ1) is 14.1. The Morgan fingerprint density at radius 3 is 2.30 bits per heavy atom. The highest BCUT2D eigenvalue weighted by atomic mass is 16.6. The van der Waals surface area contributed by atoms with Crippen LogP contribution < -0.4 is 5.32 Å². The largest absolute Gasteiger partial charge is 0.373 e. The van der Waals surface area contributed by atoms with Crippen LogP contribution in [0.1, 0.15) is 29.7 Å². The molecule has 0 saturated carbocycles. The van der Waals surface area contributed by atoms with Crippen molar-refractivity contribution in [3.63, 3.8) is 0 Å². The van der Waals surface area contributed by atoms with Gasteiger partial charge in [-0.2, -0.15) is 0 Å². The third-order valence-electron chi connectivity index (χ3n) is 3.48. The van der Waals surface area contributed by atoms with E-state index >= 15 is 0 Å². The monoisotopic (exact) mass is 270 g/mol. The standard InChI is InChI=1S/C16H18N2O2/c1-11-9-15(16(18(19)20)10-12(11)2)17-13(3)14-7-5-4-6-8-14/h4-10,13,17H,1-3H3. The number of aryl methyl sites for hydroxylation is 2. The Balaban J connectivity index is 2.33. The van der Waals surface area contributed by atoms with E-state index in [1.165, 1.54) is 0 Å². The third-order valence-corrected chi connectivity index (χ3v) is 3.48. The minimum absolute atomic E-state index is 0.0111. The first-order valence-corrected chi connectivity index (χ1v) is 6.56. The van der Waals surface area contributed by atoms with Crippen LogP contribution in [0, 0.1) is 24.0 Å². The molecule has 0 aliphatic carbocycles. The Morgan fingerprint density at radius 1 is 1.10 bits per heavy atom. The summed E-state index contributed by atoms with van der Waals surface area (Å²) in [6.07, 6.45) is 0. The summed E-state index contributed by atoms with van der Waals surface area (Å²) >= 11 is 0. The van der Waals surface area contributed by atoms with Crippen molar-refractivity contribution in [2.45, 2.75) is 26.8 Å². The highest BCUT2D eigenvalue weighted by Gasteiger charge is 2.17. The molecule has 0 saturated heterocycles. The molecule has 0 spiro atoms. The number of hydrogen-bond donors (Lipinski definition) is 1. The van der Waals surface area contributed by atoms with Gasteiger partial charge in [0.05, 0.1) is 4.92 Å². The zero-order chi connectivity index (χ0) is 14.7. The SMILES string of the molecule is Cc1cc(NC(C)c2ccccc2)c([N+](=O)[O-])cc1C. The van der Waals surface area contributed by atoms with Crippen molar-refractivity contribution in [1.82, 2.24) is 0 Å². The molecule has 4 heteroatoms. The van der Waals surface area contributed by atoms with Crippen molar-refractivity contribution in [2.75, 3.05) is 5.32 Å². The predicted molar refractivity (Wildman–Crippen MR) is 81.1 cm³/mol. The summed E-state index contributed by atoms with van der Waals surface area (Å²) in [5, 5.41) is 14.4. The molecule has 0 heterocycles. The molecule has 2 rings (SSSR count). The summed E-state index contributed by atoms with van der Waals surface area (Å²) in [5.74, 6) is 0. The average Bonchev–Trinajstić information content (AvgIpc) is 2.43. The highest BCUT2D eigenvalue weighted by Crippen LogP contribution is 2.30. The zero-order valence-electron chi connectivity index (χ0n) is 11.9. The topological polar surface area (TPSA) is 55.2 Å². The molecular formula is C16H18N2O2. The minimum Gasteiger partial charge on any atom is -0.373 e. The van der Waals surface area contributed by atoms with E-state index in [4.69, 9.17) is 0 Å². The van der Waals surface area contributed by atoms with E-state index < -0.39 is 0 Å². The van der Waals surface area contributed by atoms with Gasteiger partial charge in [0.15, 0.2) is 0 Å². The predicted octanol–water partition coefficient (Wildman–Crippen LogP) is 4.38. The minimum atomic E-state index is -0.341. The lowest BCUT2D eigenvalue weighted by atomic mass is 10.1. The number of nitro benzene ring substituents is 1. The molecular weight excluding hydrogens is 252 g/mol. The number of nitrogens with one attached hydrogen (secondary N) is 1. The lowest BCUT2D eigenvalue weighted by Gasteiger charge is -2.16. The van der Waals surface area contributed by atoms with Crippen molar-refractivity contribution < 1.29 is 4.92 Å². The van der Waals surface area contributed by atoms with Gasteiger partial charge in [-0.05, 0) is 43.5 Å². The van der Waals surface area contributed by atoms with E-state index in [1.807, 2.05) is 57.2 Å². The van der Waals surface area contributed by atoms with E-state index in [1.54, 1.807) is 6.07 Å². The van der Waals surface area contributed by atoms with Crippen molar-refractivity contribution in [3.05, 3.63) is 69.3 Å². The summed E-state index contributed by atoms with van der Waals surface area (Å²) in [7, 11) is 0. The van der Waals surface area contributed by atoms with Crippen LogP contribution in [-0.2, 0) is 0 Å². The van der Waals surface area contributed by atoms with Crippen molar-refractivity contribution in [3.8, 4) is 0 Å². The fraction of sp³-hybridized carbons (Fsp3) is 0.250. The summed E-state index contributed by atoms with van der Waals surface area (Å²) < 4.78 is 0. The fourth-order valence-corrected chi connectivity index (χ4v) is 2.13. The van der Waals surface area contributed by atoms with Crippen LogP contribution in [0.2, 0.25) is 0 Å². The van der Waals surface area contributed by atoms with Gasteiger partial charge in [-0.15, -0.1) is 0 Å². The van der Waals surface area contributed by atoms with Crippen LogP contribution in [0.4, 0.5) is 11.4 Å². The molecule has 0 aliphatic heterocycles. The van der Waals surface area contributed by atoms with Gasteiger partial charge in [-0.25, -0.2) is 0 Å². The van der Waals surface area contributed by atoms with Crippen LogP contribution in [0.15, 0.2) is 42.5 Å². The third kappa shape index (κ3) is 2.96. The van der Waals surface area contributed by atoms with Gasteiger partial charge in [0, 0.05) is 12.1 Å². The molecule has 0 aliphatic rings. The van der Waals surface area contributed by atoms with Crippen LogP contribution in [0.25, 0.3) is 0 Å². The fourth-order valence-electron chi connectivity index (χ4n) is 2.13. The molecule has 0 bridgehead atoms. The van der Waals surface area contributed by atoms with E-state index in [-0.39, 0.29) is 16.7 Å². The van der Waals surface area contributed by atoms with E-state index in [2.05, 4.69) is 5.32 Å². The van der Waals surface area contributed by atoms with Crippen LogP contribution in [-0.4, -0.2) is 4.92 Å². The summed E-state index contributed by atoms with van der Waals surface area (Å²) in [6, 6.07) is 13.4. The lowest BCUT2D eigenvalue weighted by Crippen LogP contribution is -2.08. The normalized spacial score (nSPS) is 11.9. The molecule has 1 N–H and O–H groups in total. The zero-order valence-corrected chi connectivity index (χ0v) is 11.9. The number of nitro groups is 1. The Morgan fingerprint density at radius 2 is 1.70 bits per heavy atom. The Hall–Kier alpha value is -2.36. The molecule has 1 atom stereocenters. The van der Waals surface area contributed by atoms with Gasteiger partial charge in [0.1, 0.15) is 5.69 Å². The number of benzene rings is 2. The molecule has 0 aromatic heterocycles. The van der Waals surface area contributed by atoms with E-state index in [0.29, 0.717) is 5.69 Å². The molecule has 2 aromatic carbocycles. The summed E-state index contributed by atoms with van der Waals surface area (Å²) in [4.78, 5) is 10.8. The Labute approximate surface area is 118 Å². The number of hydrogen-bond acceptors (Lipinski definition) is 3. The number of nitrogens with zero attached hydrogens (tertiary/aromatic N) is 1. The van der Waals surface area contributed by atoms with Gasteiger partial charge in [-0.3, -0.25) is 10.1 Å². The van der Waals surface area contributed by atoms with E-state index in [0.717, 1.165) is 16.7 Å². The molecule has 2 aromatic rings. The van der Waals surface area contributed by atoms with E-state index in [9.17, 15) is 10.1 Å². The number of rotatable bonds is 4. The van der Waals surface area contributed by atoms with Gasteiger partial charge in [0.25, 0.3) is 5.69 Å². The first-order chi connectivity index (χ1) is 9.49. The molecule has 1 unspecified atom stereocenters. The molecule has 0 amide bonds. The lowest BCUT2D eigenvalue weighted by molar-refractivity contribution is -0.384. The van der Waals surface area contributed by atoms with Gasteiger partial charge < -0.3 is 5.32 Å². The Bertz CT molecular complexity index is 624. The van der Waals surface area contributed by atoms with Crippen LogP contribution in [0.3, 0.4) is 0 Å². The Kier molecular flexibility index (Phi) is 4.03. The second kappa shape index (κ2) is 5.74. The molecule has 4 nitrogen and oxygen atoms in total. The van der Waals surface area contributed by atoms with Crippen LogP contribution >= 0.6 is 0 Å². The highest BCUT2D eigenvalue weighted by molar-refractivity contribution is 5.65. The smallest absolute Gasteiger partial charge is 0.292 e. The van der Waals surface area contributed by atoms with Crippen molar-refractivity contribution in [2.24, 2.45) is 0 Å². The average molecular weight is 270 g/mol. The van der Waals surface area contributed by atoms with Gasteiger partial charge in [0.2, 0.25) is 0 Å². The van der Waals surface area contributed by atoms with Gasteiger partial charge >= 0.3 is 0 Å². The molecule has 20 heavy (non-hydrogen) atoms.